The topological polar surface area (TPSA) is 78.4 Å². The van der Waals surface area contributed by atoms with Crippen molar-refractivity contribution in [3.63, 3.8) is 0 Å². The van der Waals surface area contributed by atoms with Gasteiger partial charge < -0.3 is 15.7 Å². The number of benzene rings is 2. The minimum Gasteiger partial charge on any atom is -0.379 e. The molecule has 1 aliphatic carbocycles. The molecular formula is C20H22N2O3. The zero-order valence-electron chi connectivity index (χ0n) is 14.0. The number of aliphatic hydroxyl groups is 1. The van der Waals surface area contributed by atoms with E-state index in [1.54, 1.807) is 0 Å². The molecule has 5 heteroatoms. The maximum atomic E-state index is 12.3. The molecule has 2 aromatic carbocycles. The SMILES string of the molecule is O=C(CCNC(=O)C1(O)Cc2ccccc2C1)NCc1ccccc1. The van der Waals surface area contributed by atoms with Crippen molar-refractivity contribution in [3.05, 3.63) is 71.3 Å². The molecule has 130 valence electrons. The van der Waals surface area contributed by atoms with Crippen LogP contribution in [0.25, 0.3) is 0 Å². The monoisotopic (exact) mass is 338 g/mol. The van der Waals surface area contributed by atoms with Crippen LogP contribution in [0.1, 0.15) is 23.1 Å². The normalized spacial score (nSPS) is 14.6. The third-order valence-corrected chi connectivity index (χ3v) is 4.48. The zero-order valence-corrected chi connectivity index (χ0v) is 14.0. The van der Waals surface area contributed by atoms with E-state index in [9.17, 15) is 14.7 Å². The van der Waals surface area contributed by atoms with E-state index < -0.39 is 11.5 Å². The number of carbonyl (C=O) groups is 2. The van der Waals surface area contributed by atoms with E-state index in [-0.39, 0.29) is 18.9 Å². The van der Waals surface area contributed by atoms with Crippen LogP contribution in [0.15, 0.2) is 54.6 Å². The summed E-state index contributed by atoms with van der Waals surface area (Å²) in [5.74, 6) is -0.551. The summed E-state index contributed by atoms with van der Waals surface area (Å²) < 4.78 is 0. The van der Waals surface area contributed by atoms with E-state index in [4.69, 9.17) is 0 Å². The second-order valence-electron chi connectivity index (χ2n) is 6.42. The van der Waals surface area contributed by atoms with Crippen LogP contribution < -0.4 is 10.6 Å². The summed E-state index contributed by atoms with van der Waals surface area (Å²) in [4.78, 5) is 24.2. The van der Waals surface area contributed by atoms with Gasteiger partial charge in [0.1, 0.15) is 0 Å². The highest BCUT2D eigenvalue weighted by Crippen LogP contribution is 2.30. The lowest BCUT2D eigenvalue weighted by Crippen LogP contribution is -2.48. The van der Waals surface area contributed by atoms with Gasteiger partial charge in [-0.2, -0.15) is 0 Å². The summed E-state index contributed by atoms with van der Waals surface area (Å²) >= 11 is 0. The van der Waals surface area contributed by atoms with Crippen LogP contribution in [0, 0.1) is 0 Å². The Labute approximate surface area is 147 Å². The predicted molar refractivity (Wildman–Crippen MR) is 94.7 cm³/mol. The fourth-order valence-electron chi connectivity index (χ4n) is 3.09. The van der Waals surface area contributed by atoms with E-state index in [0.29, 0.717) is 19.4 Å². The molecule has 0 radical (unpaired) electrons. The Morgan fingerprint density at radius 2 is 1.52 bits per heavy atom. The van der Waals surface area contributed by atoms with Gasteiger partial charge in [-0.15, -0.1) is 0 Å². The standard InChI is InChI=1S/C20H22N2O3/c23-18(22-14-15-6-2-1-3-7-15)10-11-21-19(24)20(25)12-16-8-4-5-9-17(16)13-20/h1-9,25H,10-14H2,(H,21,24)(H,22,23). The van der Waals surface area contributed by atoms with Gasteiger partial charge in [-0.3, -0.25) is 9.59 Å². The molecule has 0 fully saturated rings. The van der Waals surface area contributed by atoms with Gasteiger partial charge in [-0.25, -0.2) is 0 Å². The average molecular weight is 338 g/mol. The molecule has 0 saturated heterocycles. The first-order valence-electron chi connectivity index (χ1n) is 8.45. The van der Waals surface area contributed by atoms with Gasteiger partial charge in [0.25, 0.3) is 5.91 Å². The molecule has 0 saturated carbocycles. The van der Waals surface area contributed by atoms with Crippen molar-refractivity contribution in [2.45, 2.75) is 31.4 Å². The minimum absolute atomic E-state index is 0.133. The van der Waals surface area contributed by atoms with Crippen molar-refractivity contribution in [2.24, 2.45) is 0 Å². The number of rotatable bonds is 6. The van der Waals surface area contributed by atoms with Crippen LogP contribution in [0.5, 0.6) is 0 Å². The van der Waals surface area contributed by atoms with Crippen LogP contribution in [0.3, 0.4) is 0 Å². The van der Waals surface area contributed by atoms with E-state index >= 15 is 0 Å². The molecule has 5 nitrogen and oxygen atoms in total. The van der Waals surface area contributed by atoms with Crippen LogP contribution >= 0.6 is 0 Å². The molecule has 3 rings (SSSR count). The largest absolute Gasteiger partial charge is 0.379 e. The van der Waals surface area contributed by atoms with Gasteiger partial charge >= 0.3 is 0 Å². The summed E-state index contributed by atoms with van der Waals surface area (Å²) in [5.41, 5.74) is 1.61. The fourth-order valence-corrected chi connectivity index (χ4v) is 3.09. The van der Waals surface area contributed by atoms with Crippen molar-refractivity contribution >= 4 is 11.8 Å². The zero-order chi connectivity index (χ0) is 17.7. The maximum absolute atomic E-state index is 12.3. The minimum atomic E-state index is -1.41. The Morgan fingerprint density at radius 1 is 0.920 bits per heavy atom. The van der Waals surface area contributed by atoms with Gasteiger partial charge in [-0.05, 0) is 16.7 Å². The lowest BCUT2D eigenvalue weighted by molar-refractivity contribution is -0.138. The first-order chi connectivity index (χ1) is 12.1. The number of carbonyl (C=O) groups excluding carboxylic acids is 2. The summed E-state index contributed by atoms with van der Waals surface area (Å²) in [6, 6.07) is 17.3. The van der Waals surface area contributed by atoms with Crippen LogP contribution in [-0.4, -0.2) is 29.1 Å². The quantitative estimate of drug-likeness (QED) is 0.744. The third-order valence-electron chi connectivity index (χ3n) is 4.48. The molecule has 0 aromatic heterocycles. The Morgan fingerprint density at radius 3 is 2.16 bits per heavy atom. The van der Waals surface area contributed by atoms with Crippen molar-refractivity contribution < 1.29 is 14.7 Å². The molecule has 0 spiro atoms. The lowest BCUT2D eigenvalue weighted by Gasteiger charge is -2.21. The molecular weight excluding hydrogens is 316 g/mol. The Balaban J connectivity index is 1.42. The number of nitrogens with one attached hydrogen (secondary N) is 2. The molecule has 25 heavy (non-hydrogen) atoms. The molecule has 0 unspecified atom stereocenters. The van der Waals surface area contributed by atoms with Gasteiger partial charge in [-0.1, -0.05) is 54.6 Å². The van der Waals surface area contributed by atoms with Crippen molar-refractivity contribution in [3.8, 4) is 0 Å². The van der Waals surface area contributed by atoms with Crippen molar-refractivity contribution in [2.75, 3.05) is 6.54 Å². The van der Waals surface area contributed by atoms with Gasteiger partial charge in [0, 0.05) is 32.4 Å². The summed E-state index contributed by atoms with van der Waals surface area (Å²) in [6.45, 7) is 0.672. The lowest BCUT2D eigenvalue weighted by atomic mass is 9.99. The van der Waals surface area contributed by atoms with E-state index in [0.717, 1.165) is 16.7 Å². The molecule has 0 bridgehead atoms. The second-order valence-corrected chi connectivity index (χ2v) is 6.42. The van der Waals surface area contributed by atoms with E-state index in [1.807, 2.05) is 54.6 Å². The maximum Gasteiger partial charge on any atom is 0.252 e. The molecule has 0 heterocycles. The Hall–Kier alpha value is -2.66. The van der Waals surface area contributed by atoms with Gasteiger partial charge in [0.15, 0.2) is 5.60 Å². The van der Waals surface area contributed by atoms with Crippen LogP contribution in [-0.2, 0) is 29.0 Å². The molecule has 2 aromatic rings. The molecule has 2 amide bonds. The van der Waals surface area contributed by atoms with E-state index in [2.05, 4.69) is 10.6 Å². The molecule has 0 aliphatic heterocycles. The number of hydrogen-bond acceptors (Lipinski definition) is 3. The average Bonchev–Trinajstić information content (AvgIpc) is 2.98. The highest BCUT2D eigenvalue weighted by atomic mass is 16.3. The predicted octanol–water partition coefficient (Wildman–Crippen LogP) is 1.34. The Kier molecular flexibility index (Phi) is 5.14. The third kappa shape index (κ3) is 4.25. The second kappa shape index (κ2) is 7.49. The molecule has 0 atom stereocenters. The molecule has 1 aliphatic rings. The highest BCUT2D eigenvalue weighted by molar-refractivity contribution is 5.87. The van der Waals surface area contributed by atoms with Crippen molar-refractivity contribution in [1.82, 2.24) is 10.6 Å². The fraction of sp³-hybridized carbons (Fsp3) is 0.300. The van der Waals surface area contributed by atoms with Gasteiger partial charge in [0.05, 0.1) is 0 Å². The number of fused-ring (bicyclic) bond motifs is 1. The summed E-state index contributed by atoms with van der Waals surface area (Å²) in [7, 11) is 0. The first-order valence-corrected chi connectivity index (χ1v) is 8.45. The summed E-state index contributed by atoms with van der Waals surface area (Å²) in [6.07, 6.45) is 0.812. The number of hydrogen-bond donors (Lipinski definition) is 3. The summed E-state index contributed by atoms with van der Waals surface area (Å²) in [5, 5.41) is 16.1. The highest BCUT2D eigenvalue weighted by Gasteiger charge is 2.41. The van der Waals surface area contributed by atoms with Gasteiger partial charge in [0.2, 0.25) is 5.91 Å². The van der Waals surface area contributed by atoms with Crippen LogP contribution in [0.4, 0.5) is 0 Å². The Bertz CT molecular complexity index is 734. The van der Waals surface area contributed by atoms with Crippen LogP contribution in [0.2, 0.25) is 0 Å². The smallest absolute Gasteiger partial charge is 0.252 e. The van der Waals surface area contributed by atoms with E-state index in [1.165, 1.54) is 0 Å². The van der Waals surface area contributed by atoms with Crippen molar-refractivity contribution in [1.29, 1.82) is 0 Å². The first kappa shape index (κ1) is 17.2. The number of amides is 2. The molecule has 3 N–H and O–H groups in total.